The van der Waals surface area contributed by atoms with E-state index >= 15 is 0 Å². The molecule has 0 atom stereocenters. The number of carbonyl (C=O) groups excluding carboxylic acids is 2. The number of pyridine rings is 1. The fourth-order valence-corrected chi connectivity index (χ4v) is 2.62. The molecule has 136 valence electrons. The van der Waals surface area contributed by atoms with E-state index in [0.29, 0.717) is 24.2 Å². The van der Waals surface area contributed by atoms with Gasteiger partial charge in [0.1, 0.15) is 0 Å². The van der Waals surface area contributed by atoms with Gasteiger partial charge in [-0.1, -0.05) is 36.4 Å². The Morgan fingerprint density at radius 3 is 2.00 bits per heavy atom. The second-order valence-electron chi connectivity index (χ2n) is 6.07. The van der Waals surface area contributed by atoms with E-state index in [9.17, 15) is 9.59 Å². The van der Waals surface area contributed by atoms with Crippen LogP contribution < -0.4 is 10.6 Å². The maximum absolute atomic E-state index is 12.2. The third-order valence-corrected chi connectivity index (χ3v) is 4.11. The first-order valence-electron chi connectivity index (χ1n) is 8.82. The Morgan fingerprint density at radius 1 is 0.741 bits per heavy atom. The van der Waals surface area contributed by atoms with Crippen molar-refractivity contribution in [3.8, 4) is 0 Å². The highest BCUT2D eigenvalue weighted by atomic mass is 16.2. The Labute approximate surface area is 158 Å². The molecule has 0 saturated carbocycles. The SMILES string of the molecule is O=C(NCCc1ccccc1)c1ccc(C(=O)NCc2ccccn2)cc1. The summed E-state index contributed by atoms with van der Waals surface area (Å²) in [6.07, 6.45) is 2.47. The molecular formula is C22H21N3O2. The van der Waals surface area contributed by atoms with Gasteiger partial charge >= 0.3 is 0 Å². The number of aromatic nitrogens is 1. The Bertz CT molecular complexity index is 878. The molecule has 0 aliphatic carbocycles. The Balaban J connectivity index is 1.48. The zero-order valence-electron chi connectivity index (χ0n) is 14.9. The lowest BCUT2D eigenvalue weighted by atomic mass is 10.1. The first kappa shape index (κ1) is 18.3. The molecule has 0 unspecified atom stereocenters. The van der Waals surface area contributed by atoms with Crippen LogP contribution in [0.5, 0.6) is 0 Å². The van der Waals surface area contributed by atoms with Crippen LogP contribution in [0.2, 0.25) is 0 Å². The van der Waals surface area contributed by atoms with Gasteiger partial charge in [-0.15, -0.1) is 0 Å². The van der Waals surface area contributed by atoms with Crippen LogP contribution in [0.15, 0.2) is 79.0 Å². The normalized spacial score (nSPS) is 10.2. The van der Waals surface area contributed by atoms with Crippen molar-refractivity contribution in [1.29, 1.82) is 0 Å². The molecule has 0 fully saturated rings. The van der Waals surface area contributed by atoms with E-state index in [-0.39, 0.29) is 11.8 Å². The van der Waals surface area contributed by atoms with Crippen molar-refractivity contribution in [3.05, 3.63) is 101 Å². The minimum Gasteiger partial charge on any atom is -0.352 e. The Hall–Kier alpha value is -3.47. The highest BCUT2D eigenvalue weighted by Crippen LogP contribution is 2.06. The number of carbonyl (C=O) groups is 2. The summed E-state index contributed by atoms with van der Waals surface area (Å²) in [7, 11) is 0. The summed E-state index contributed by atoms with van der Waals surface area (Å²) >= 11 is 0. The van der Waals surface area contributed by atoms with Gasteiger partial charge in [0.05, 0.1) is 12.2 Å². The summed E-state index contributed by atoms with van der Waals surface area (Å²) < 4.78 is 0. The largest absolute Gasteiger partial charge is 0.352 e. The minimum absolute atomic E-state index is 0.147. The number of nitrogens with zero attached hydrogens (tertiary/aromatic N) is 1. The maximum atomic E-state index is 12.2. The van der Waals surface area contributed by atoms with Gasteiger partial charge in [0, 0.05) is 23.9 Å². The number of hydrogen-bond acceptors (Lipinski definition) is 3. The number of nitrogens with one attached hydrogen (secondary N) is 2. The molecule has 0 saturated heterocycles. The van der Waals surface area contributed by atoms with Gasteiger partial charge in [0.15, 0.2) is 0 Å². The molecule has 0 spiro atoms. The monoisotopic (exact) mass is 359 g/mol. The van der Waals surface area contributed by atoms with Crippen LogP contribution in [0.3, 0.4) is 0 Å². The average molecular weight is 359 g/mol. The summed E-state index contributed by atoms with van der Waals surface area (Å²) in [6.45, 7) is 0.927. The third kappa shape index (κ3) is 5.51. The molecule has 5 nitrogen and oxygen atoms in total. The van der Waals surface area contributed by atoms with Gasteiger partial charge in [-0.2, -0.15) is 0 Å². The van der Waals surface area contributed by atoms with Crippen LogP contribution in [-0.2, 0) is 13.0 Å². The molecule has 2 N–H and O–H groups in total. The molecule has 2 amide bonds. The van der Waals surface area contributed by atoms with Gasteiger partial charge in [-0.3, -0.25) is 14.6 Å². The first-order valence-corrected chi connectivity index (χ1v) is 8.82. The summed E-state index contributed by atoms with van der Waals surface area (Å²) in [4.78, 5) is 28.6. The fourth-order valence-electron chi connectivity index (χ4n) is 2.62. The van der Waals surface area contributed by atoms with Crippen LogP contribution in [0.1, 0.15) is 32.0 Å². The summed E-state index contributed by atoms with van der Waals surface area (Å²) in [5, 5.41) is 5.71. The quantitative estimate of drug-likeness (QED) is 0.681. The van der Waals surface area contributed by atoms with Crippen molar-refractivity contribution in [2.75, 3.05) is 6.54 Å². The smallest absolute Gasteiger partial charge is 0.251 e. The molecule has 0 aliphatic heterocycles. The molecule has 0 radical (unpaired) electrons. The lowest BCUT2D eigenvalue weighted by Gasteiger charge is -2.07. The number of benzene rings is 2. The van der Waals surface area contributed by atoms with Gasteiger partial charge < -0.3 is 10.6 Å². The zero-order chi connectivity index (χ0) is 18.9. The molecule has 1 aromatic heterocycles. The first-order chi connectivity index (χ1) is 13.2. The molecule has 2 aromatic carbocycles. The number of amides is 2. The molecule has 1 heterocycles. The zero-order valence-corrected chi connectivity index (χ0v) is 14.9. The molecule has 3 rings (SSSR count). The Kier molecular flexibility index (Phi) is 6.30. The highest BCUT2D eigenvalue weighted by Gasteiger charge is 2.09. The van der Waals surface area contributed by atoms with E-state index < -0.39 is 0 Å². The van der Waals surface area contributed by atoms with Crippen molar-refractivity contribution >= 4 is 11.8 Å². The van der Waals surface area contributed by atoms with Crippen LogP contribution in [0.4, 0.5) is 0 Å². The summed E-state index contributed by atoms with van der Waals surface area (Å²) in [5.74, 6) is -0.344. The van der Waals surface area contributed by atoms with Crippen LogP contribution >= 0.6 is 0 Å². The van der Waals surface area contributed by atoms with Crippen LogP contribution in [0.25, 0.3) is 0 Å². The standard InChI is InChI=1S/C22H21N3O2/c26-21(24-15-13-17-6-2-1-3-7-17)18-9-11-19(12-10-18)22(27)25-16-20-8-4-5-14-23-20/h1-12,14H,13,15-16H2,(H,24,26)(H,25,27). The molecular weight excluding hydrogens is 338 g/mol. The predicted molar refractivity (Wildman–Crippen MR) is 104 cm³/mol. The van der Waals surface area contributed by atoms with Gasteiger partial charge in [0.2, 0.25) is 0 Å². The van der Waals surface area contributed by atoms with E-state index in [1.165, 1.54) is 5.56 Å². The van der Waals surface area contributed by atoms with E-state index in [1.54, 1.807) is 30.5 Å². The highest BCUT2D eigenvalue weighted by molar-refractivity contribution is 5.97. The van der Waals surface area contributed by atoms with Gasteiger partial charge in [0.25, 0.3) is 11.8 Å². The van der Waals surface area contributed by atoms with E-state index in [1.807, 2.05) is 48.5 Å². The second-order valence-corrected chi connectivity index (χ2v) is 6.07. The summed E-state index contributed by atoms with van der Waals surface area (Å²) in [5.41, 5.74) is 3.01. The molecule has 5 heteroatoms. The van der Waals surface area contributed by atoms with E-state index in [2.05, 4.69) is 15.6 Å². The van der Waals surface area contributed by atoms with Crippen molar-refractivity contribution in [2.24, 2.45) is 0 Å². The summed E-state index contributed by atoms with van der Waals surface area (Å²) in [6, 6.07) is 22.2. The van der Waals surface area contributed by atoms with E-state index in [0.717, 1.165) is 12.1 Å². The second kappa shape index (κ2) is 9.29. The topological polar surface area (TPSA) is 71.1 Å². The molecule has 0 bridgehead atoms. The lowest BCUT2D eigenvalue weighted by molar-refractivity contribution is 0.0940. The van der Waals surface area contributed by atoms with Gasteiger partial charge in [-0.05, 0) is 48.4 Å². The number of rotatable bonds is 7. The average Bonchev–Trinajstić information content (AvgIpc) is 2.73. The Morgan fingerprint density at radius 2 is 1.37 bits per heavy atom. The molecule has 0 aliphatic rings. The minimum atomic E-state index is -0.198. The number of hydrogen-bond donors (Lipinski definition) is 2. The van der Waals surface area contributed by atoms with Crippen molar-refractivity contribution in [1.82, 2.24) is 15.6 Å². The lowest BCUT2D eigenvalue weighted by Crippen LogP contribution is -2.26. The third-order valence-electron chi connectivity index (χ3n) is 4.11. The van der Waals surface area contributed by atoms with Crippen molar-refractivity contribution < 1.29 is 9.59 Å². The molecule has 3 aromatic rings. The van der Waals surface area contributed by atoms with Gasteiger partial charge in [-0.25, -0.2) is 0 Å². The fraction of sp³-hybridized carbons (Fsp3) is 0.136. The van der Waals surface area contributed by atoms with E-state index in [4.69, 9.17) is 0 Å². The van der Waals surface area contributed by atoms with Crippen LogP contribution in [0, 0.1) is 0 Å². The van der Waals surface area contributed by atoms with Crippen molar-refractivity contribution in [3.63, 3.8) is 0 Å². The predicted octanol–water partition coefficient (Wildman–Crippen LogP) is 2.98. The molecule has 27 heavy (non-hydrogen) atoms. The van der Waals surface area contributed by atoms with Crippen molar-refractivity contribution in [2.45, 2.75) is 13.0 Å². The maximum Gasteiger partial charge on any atom is 0.251 e. The van der Waals surface area contributed by atoms with Crippen LogP contribution in [-0.4, -0.2) is 23.3 Å².